The molecule has 0 unspecified atom stereocenters. The fourth-order valence-corrected chi connectivity index (χ4v) is 4.60. The zero-order chi connectivity index (χ0) is 26.9. The topological polar surface area (TPSA) is 111 Å². The van der Waals surface area contributed by atoms with Crippen LogP contribution >= 0.6 is 0 Å². The summed E-state index contributed by atoms with van der Waals surface area (Å²) in [5.41, 5.74) is 2.08. The van der Waals surface area contributed by atoms with E-state index in [-0.39, 0.29) is 17.6 Å². The van der Waals surface area contributed by atoms with Gasteiger partial charge < -0.3 is 19.9 Å². The number of amides is 2. The molecule has 1 aliphatic carbocycles. The standard InChI is InChI=1S/C27H31F2N5O4/c1-16-12-22(33-38-16)25(35)31-24-23-21(32-34(24)11-10-17-6-7-17)14-19(30-26(23)36)9-8-18-4-3-5-20(13-18)37-15-27(2,28)29/h3-5,12-13,17,19H,6-11,14-15H2,1-2H3,(H,30,36)(H,31,35)/t19-/m0/s1. The van der Waals surface area contributed by atoms with E-state index < -0.39 is 18.4 Å². The lowest BCUT2D eigenvalue weighted by molar-refractivity contribution is -0.0229. The molecular weight excluding hydrogens is 496 g/mol. The molecule has 5 rings (SSSR count). The van der Waals surface area contributed by atoms with Gasteiger partial charge in [0.15, 0.2) is 12.3 Å². The number of rotatable bonds is 11. The molecule has 2 amide bonds. The second-order valence-electron chi connectivity index (χ2n) is 10.3. The Hall–Kier alpha value is -3.76. The van der Waals surface area contributed by atoms with Crippen LogP contribution in [0.25, 0.3) is 0 Å². The van der Waals surface area contributed by atoms with Crippen molar-refractivity contribution in [1.29, 1.82) is 0 Å². The number of fused-ring (bicyclic) bond motifs is 1. The van der Waals surface area contributed by atoms with E-state index in [0.717, 1.165) is 18.9 Å². The van der Waals surface area contributed by atoms with Gasteiger partial charge in [-0.25, -0.2) is 13.5 Å². The van der Waals surface area contributed by atoms with Gasteiger partial charge in [0.1, 0.15) is 22.9 Å². The molecule has 0 bridgehead atoms. The van der Waals surface area contributed by atoms with E-state index in [1.807, 2.05) is 6.07 Å². The summed E-state index contributed by atoms with van der Waals surface area (Å²) >= 11 is 0. The molecule has 11 heteroatoms. The van der Waals surface area contributed by atoms with Crippen molar-refractivity contribution in [3.63, 3.8) is 0 Å². The van der Waals surface area contributed by atoms with Crippen molar-refractivity contribution in [3.05, 3.63) is 58.6 Å². The zero-order valence-electron chi connectivity index (χ0n) is 21.4. The minimum atomic E-state index is -2.91. The van der Waals surface area contributed by atoms with Gasteiger partial charge in [-0.15, -0.1) is 0 Å². The SMILES string of the molecule is Cc1cc(C(=O)Nc2c3c(nn2CCC2CC2)C[C@H](CCc2cccc(OCC(C)(F)F)c2)NC3=O)no1. The molecule has 38 heavy (non-hydrogen) atoms. The summed E-state index contributed by atoms with van der Waals surface area (Å²) in [6.45, 7) is 2.44. The summed E-state index contributed by atoms with van der Waals surface area (Å²) in [6, 6.07) is 8.44. The smallest absolute Gasteiger partial charge is 0.279 e. The van der Waals surface area contributed by atoms with E-state index in [2.05, 4.69) is 15.8 Å². The minimum absolute atomic E-state index is 0.133. The lowest BCUT2D eigenvalue weighted by Gasteiger charge is -2.23. The number of benzene rings is 1. The molecule has 1 fully saturated rings. The maximum Gasteiger partial charge on any atom is 0.279 e. The fourth-order valence-electron chi connectivity index (χ4n) is 4.60. The highest BCUT2D eigenvalue weighted by Gasteiger charge is 2.33. The Kier molecular flexibility index (Phi) is 7.18. The van der Waals surface area contributed by atoms with Crippen LogP contribution in [-0.4, -0.2) is 45.3 Å². The summed E-state index contributed by atoms with van der Waals surface area (Å²) in [5, 5.41) is 14.4. The van der Waals surface area contributed by atoms with Crippen molar-refractivity contribution in [2.24, 2.45) is 5.92 Å². The Bertz CT molecular complexity index is 1330. The van der Waals surface area contributed by atoms with Crippen LogP contribution in [0.15, 0.2) is 34.9 Å². The monoisotopic (exact) mass is 527 g/mol. The minimum Gasteiger partial charge on any atom is -0.487 e. The lowest BCUT2D eigenvalue weighted by Crippen LogP contribution is -2.41. The quantitative estimate of drug-likeness (QED) is 0.378. The number of alkyl halides is 2. The molecule has 1 atom stereocenters. The number of hydrogen-bond acceptors (Lipinski definition) is 6. The zero-order valence-corrected chi connectivity index (χ0v) is 21.4. The molecule has 2 N–H and O–H groups in total. The average molecular weight is 528 g/mol. The Morgan fingerprint density at radius 3 is 2.82 bits per heavy atom. The molecule has 202 valence electrons. The Labute approximate surface area is 218 Å². The molecule has 1 aromatic carbocycles. The van der Waals surface area contributed by atoms with Gasteiger partial charge in [0, 0.05) is 32.0 Å². The fraction of sp³-hybridized carbons (Fsp3) is 0.481. The highest BCUT2D eigenvalue weighted by molar-refractivity contribution is 6.08. The van der Waals surface area contributed by atoms with Gasteiger partial charge in [0.05, 0.1) is 5.69 Å². The first-order chi connectivity index (χ1) is 18.1. The van der Waals surface area contributed by atoms with Crippen LogP contribution in [0, 0.1) is 12.8 Å². The number of halogens is 2. The molecule has 3 heterocycles. The van der Waals surface area contributed by atoms with Crippen LogP contribution in [0.1, 0.15) is 70.5 Å². The van der Waals surface area contributed by atoms with Crippen molar-refractivity contribution >= 4 is 17.6 Å². The van der Waals surface area contributed by atoms with Gasteiger partial charge in [0.25, 0.3) is 17.7 Å². The van der Waals surface area contributed by atoms with E-state index in [4.69, 9.17) is 14.4 Å². The number of aryl methyl sites for hydroxylation is 3. The Morgan fingerprint density at radius 2 is 2.11 bits per heavy atom. The lowest BCUT2D eigenvalue weighted by atomic mass is 9.96. The first kappa shape index (κ1) is 25.9. The van der Waals surface area contributed by atoms with Crippen LogP contribution in [0.5, 0.6) is 5.75 Å². The summed E-state index contributed by atoms with van der Waals surface area (Å²) in [7, 11) is 0. The number of nitrogens with zero attached hydrogens (tertiary/aromatic N) is 3. The highest BCUT2D eigenvalue weighted by Crippen LogP contribution is 2.34. The number of nitrogens with one attached hydrogen (secondary N) is 2. The van der Waals surface area contributed by atoms with E-state index in [1.54, 1.807) is 29.8 Å². The summed E-state index contributed by atoms with van der Waals surface area (Å²) in [5.74, 6) is -1.73. The van der Waals surface area contributed by atoms with Crippen LogP contribution < -0.4 is 15.4 Å². The second kappa shape index (κ2) is 10.5. The van der Waals surface area contributed by atoms with Crippen LogP contribution in [0.2, 0.25) is 0 Å². The summed E-state index contributed by atoms with van der Waals surface area (Å²) in [4.78, 5) is 26.0. The third kappa shape index (κ3) is 6.38. The van der Waals surface area contributed by atoms with Crippen molar-refractivity contribution < 1.29 is 27.6 Å². The molecule has 0 spiro atoms. The first-order valence-corrected chi connectivity index (χ1v) is 12.9. The number of ether oxygens (including phenoxy) is 1. The Morgan fingerprint density at radius 1 is 1.29 bits per heavy atom. The molecular formula is C27H31F2N5O4. The molecule has 1 saturated carbocycles. The largest absolute Gasteiger partial charge is 0.487 e. The maximum atomic E-state index is 13.2. The third-order valence-electron chi connectivity index (χ3n) is 6.74. The van der Waals surface area contributed by atoms with Crippen molar-refractivity contribution in [3.8, 4) is 5.75 Å². The number of aromatic nitrogens is 3. The van der Waals surface area contributed by atoms with Gasteiger partial charge >= 0.3 is 0 Å². The molecule has 2 aliphatic rings. The normalized spacial score (nSPS) is 17.2. The molecule has 2 aromatic heterocycles. The Balaban J connectivity index is 1.28. The number of carbonyl (C=O) groups excluding carboxylic acids is 2. The summed E-state index contributed by atoms with van der Waals surface area (Å²) in [6.07, 6.45) is 5.08. The van der Waals surface area contributed by atoms with Crippen molar-refractivity contribution in [2.45, 2.75) is 70.9 Å². The van der Waals surface area contributed by atoms with E-state index in [9.17, 15) is 18.4 Å². The van der Waals surface area contributed by atoms with E-state index in [1.165, 1.54) is 18.9 Å². The van der Waals surface area contributed by atoms with Crippen LogP contribution in [0.3, 0.4) is 0 Å². The predicted octanol–water partition coefficient (Wildman–Crippen LogP) is 4.55. The van der Waals surface area contributed by atoms with Crippen molar-refractivity contribution in [2.75, 3.05) is 11.9 Å². The number of hydrogen-bond donors (Lipinski definition) is 2. The predicted molar refractivity (Wildman–Crippen MR) is 135 cm³/mol. The number of anilines is 1. The van der Waals surface area contributed by atoms with Gasteiger partial charge in [-0.2, -0.15) is 5.10 Å². The molecule has 0 radical (unpaired) electrons. The van der Waals surface area contributed by atoms with Crippen LogP contribution in [-0.2, 0) is 19.4 Å². The molecule has 3 aromatic rings. The van der Waals surface area contributed by atoms with Gasteiger partial charge in [0.2, 0.25) is 0 Å². The first-order valence-electron chi connectivity index (χ1n) is 12.9. The third-order valence-corrected chi connectivity index (χ3v) is 6.74. The van der Waals surface area contributed by atoms with E-state index >= 15 is 0 Å². The van der Waals surface area contributed by atoms with Crippen LogP contribution in [0.4, 0.5) is 14.6 Å². The second-order valence-corrected chi connectivity index (χ2v) is 10.3. The highest BCUT2D eigenvalue weighted by atomic mass is 19.3. The van der Waals surface area contributed by atoms with Gasteiger partial charge in [-0.3, -0.25) is 9.59 Å². The molecule has 1 aliphatic heterocycles. The van der Waals surface area contributed by atoms with Crippen molar-refractivity contribution in [1.82, 2.24) is 20.3 Å². The van der Waals surface area contributed by atoms with E-state index in [0.29, 0.717) is 60.3 Å². The maximum absolute atomic E-state index is 13.2. The summed E-state index contributed by atoms with van der Waals surface area (Å²) < 4.78 is 38.2. The number of carbonyl (C=O) groups is 2. The molecule has 9 nitrogen and oxygen atoms in total. The molecule has 0 saturated heterocycles. The average Bonchev–Trinajstić information content (AvgIpc) is 3.49. The van der Waals surface area contributed by atoms with Gasteiger partial charge in [-0.05, 0) is 49.8 Å². The van der Waals surface area contributed by atoms with Gasteiger partial charge in [-0.1, -0.05) is 30.1 Å².